The molecule has 0 N–H and O–H groups in total. The molecule has 1 aromatic rings. The molecule has 0 amide bonds. The summed E-state index contributed by atoms with van der Waals surface area (Å²) in [5.74, 6) is 0. The Morgan fingerprint density at radius 2 is 1.88 bits per heavy atom. The minimum absolute atomic E-state index is 0.176. The van der Waals surface area contributed by atoms with Gasteiger partial charge in [0.25, 0.3) is 0 Å². The van der Waals surface area contributed by atoms with Crippen molar-refractivity contribution in [1.29, 1.82) is 0 Å². The van der Waals surface area contributed by atoms with E-state index in [4.69, 9.17) is 11.6 Å². The van der Waals surface area contributed by atoms with Crippen molar-refractivity contribution in [2.24, 2.45) is 7.05 Å². The van der Waals surface area contributed by atoms with Crippen molar-refractivity contribution < 1.29 is 0 Å². The Labute approximate surface area is 110 Å². The summed E-state index contributed by atoms with van der Waals surface area (Å²) in [4.78, 5) is 2.40. The number of hydrogen-bond acceptors (Lipinski definition) is 2. The lowest BCUT2D eigenvalue weighted by Crippen LogP contribution is -2.34. The Bertz CT molecular complexity index is 369. The van der Waals surface area contributed by atoms with Crippen LogP contribution in [-0.4, -0.2) is 32.6 Å². The molecule has 0 radical (unpaired) electrons. The van der Waals surface area contributed by atoms with Gasteiger partial charge in [0.1, 0.15) is 0 Å². The molecule has 4 heteroatoms. The van der Waals surface area contributed by atoms with Crippen molar-refractivity contribution in [2.75, 3.05) is 6.54 Å². The van der Waals surface area contributed by atoms with Gasteiger partial charge in [-0.25, -0.2) is 0 Å². The van der Waals surface area contributed by atoms with Gasteiger partial charge >= 0.3 is 0 Å². The van der Waals surface area contributed by atoms with E-state index in [9.17, 15) is 0 Å². The predicted octanol–water partition coefficient (Wildman–Crippen LogP) is 2.87. The number of aromatic nitrogens is 2. The molecule has 98 valence electrons. The average Bonchev–Trinajstić information content (AvgIpc) is 2.43. The zero-order valence-corrected chi connectivity index (χ0v) is 12.5. The number of hydrogen-bond donors (Lipinski definition) is 0. The van der Waals surface area contributed by atoms with Crippen LogP contribution in [0.2, 0.25) is 0 Å². The highest BCUT2D eigenvalue weighted by atomic mass is 35.5. The smallest absolute Gasteiger partial charge is 0.0641 e. The molecule has 0 aliphatic rings. The van der Waals surface area contributed by atoms with E-state index in [1.165, 1.54) is 11.3 Å². The normalized spacial score (nSPS) is 13.7. The van der Waals surface area contributed by atoms with Gasteiger partial charge in [-0.3, -0.25) is 9.58 Å². The number of alkyl halides is 1. The van der Waals surface area contributed by atoms with Crippen LogP contribution in [0.1, 0.15) is 37.7 Å². The van der Waals surface area contributed by atoms with Crippen molar-refractivity contribution in [2.45, 2.75) is 52.6 Å². The largest absolute Gasteiger partial charge is 0.295 e. The molecule has 0 bridgehead atoms. The summed E-state index contributed by atoms with van der Waals surface area (Å²) in [6.07, 6.45) is 0. The van der Waals surface area contributed by atoms with Gasteiger partial charge in [-0.15, -0.1) is 11.6 Å². The van der Waals surface area contributed by atoms with Gasteiger partial charge in [0.05, 0.1) is 5.69 Å². The summed E-state index contributed by atoms with van der Waals surface area (Å²) in [5.41, 5.74) is 3.70. The van der Waals surface area contributed by atoms with Gasteiger partial charge in [-0.1, -0.05) is 0 Å². The fraction of sp³-hybridized carbons (Fsp3) is 0.769. The lowest BCUT2D eigenvalue weighted by molar-refractivity contribution is 0.214. The van der Waals surface area contributed by atoms with E-state index >= 15 is 0 Å². The number of rotatable bonds is 5. The molecule has 0 spiro atoms. The summed E-state index contributed by atoms with van der Waals surface area (Å²) in [6, 6.07) is 0.496. The first kappa shape index (κ1) is 14.5. The molecule has 0 aliphatic heterocycles. The summed E-state index contributed by atoms with van der Waals surface area (Å²) in [5, 5.41) is 4.63. The third-order valence-electron chi connectivity index (χ3n) is 3.24. The minimum Gasteiger partial charge on any atom is -0.295 e. The van der Waals surface area contributed by atoms with E-state index in [1.807, 2.05) is 18.7 Å². The molecule has 1 atom stereocenters. The molecular formula is C13H24ClN3. The molecule has 0 aliphatic carbocycles. The van der Waals surface area contributed by atoms with Gasteiger partial charge in [0.2, 0.25) is 0 Å². The monoisotopic (exact) mass is 257 g/mol. The SMILES string of the molecule is Cc1nn(C)c(C)c1CN(C[C@H](C)Cl)C(C)C. The Morgan fingerprint density at radius 3 is 2.24 bits per heavy atom. The topological polar surface area (TPSA) is 21.1 Å². The summed E-state index contributed by atoms with van der Waals surface area (Å²) in [7, 11) is 2.00. The van der Waals surface area contributed by atoms with Gasteiger partial charge in [-0.2, -0.15) is 5.10 Å². The highest BCUT2D eigenvalue weighted by Crippen LogP contribution is 2.17. The molecule has 0 unspecified atom stereocenters. The summed E-state index contributed by atoms with van der Waals surface area (Å²) in [6.45, 7) is 12.5. The lowest BCUT2D eigenvalue weighted by atomic mass is 10.1. The molecule has 0 saturated carbocycles. The van der Waals surface area contributed by atoms with E-state index in [0.717, 1.165) is 18.8 Å². The van der Waals surface area contributed by atoms with Crippen LogP contribution < -0.4 is 0 Å². The second kappa shape index (κ2) is 5.87. The van der Waals surface area contributed by atoms with Crippen molar-refractivity contribution >= 4 is 11.6 Å². The molecule has 3 nitrogen and oxygen atoms in total. The van der Waals surface area contributed by atoms with E-state index in [2.05, 4.69) is 37.7 Å². The van der Waals surface area contributed by atoms with Crippen LogP contribution in [0, 0.1) is 13.8 Å². The van der Waals surface area contributed by atoms with Crippen LogP contribution >= 0.6 is 11.6 Å². The zero-order chi connectivity index (χ0) is 13.2. The molecule has 0 saturated heterocycles. The van der Waals surface area contributed by atoms with Crippen LogP contribution in [0.5, 0.6) is 0 Å². The minimum atomic E-state index is 0.176. The van der Waals surface area contributed by atoms with E-state index in [0.29, 0.717) is 6.04 Å². The Kier molecular flexibility index (Phi) is 5.02. The van der Waals surface area contributed by atoms with E-state index < -0.39 is 0 Å². The fourth-order valence-corrected chi connectivity index (χ4v) is 2.21. The van der Waals surface area contributed by atoms with Crippen LogP contribution in [-0.2, 0) is 13.6 Å². The van der Waals surface area contributed by atoms with E-state index in [1.54, 1.807) is 0 Å². The molecule has 1 heterocycles. The van der Waals surface area contributed by atoms with Crippen LogP contribution in [0.25, 0.3) is 0 Å². The third kappa shape index (κ3) is 3.71. The molecule has 17 heavy (non-hydrogen) atoms. The Morgan fingerprint density at radius 1 is 1.29 bits per heavy atom. The molecule has 1 aromatic heterocycles. The van der Waals surface area contributed by atoms with Gasteiger partial charge in [-0.05, 0) is 34.6 Å². The first-order chi connectivity index (χ1) is 7.82. The maximum absolute atomic E-state index is 6.11. The van der Waals surface area contributed by atoms with Crippen LogP contribution in [0.4, 0.5) is 0 Å². The average molecular weight is 258 g/mol. The standard InChI is InChI=1S/C13H24ClN3/c1-9(2)17(7-10(3)14)8-13-11(4)15-16(6)12(13)5/h9-10H,7-8H2,1-6H3/t10-/m0/s1. The van der Waals surface area contributed by atoms with Crippen molar-refractivity contribution in [1.82, 2.24) is 14.7 Å². The number of halogens is 1. The maximum atomic E-state index is 6.11. The first-order valence-corrected chi connectivity index (χ1v) is 6.63. The second-order valence-corrected chi connectivity index (χ2v) is 5.82. The predicted molar refractivity (Wildman–Crippen MR) is 73.5 cm³/mol. The Hall–Kier alpha value is -0.540. The lowest BCUT2D eigenvalue weighted by Gasteiger charge is -2.27. The maximum Gasteiger partial charge on any atom is 0.0641 e. The van der Waals surface area contributed by atoms with Crippen LogP contribution in [0.15, 0.2) is 0 Å². The molecular weight excluding hydrogens is 234 g/mol. The summed E-state index contributed by atoms with van der Waals surface area (Å²) >= 11 is 6.11. The fourth-order valence-electron chi connectivity index (χ4n) is 2.03. The molecule has 1 rings (SSSR count). The first-order valence-electron chi connectivity index (χ1n) is 6.20. The molecule has 0 aromatic carbocycles. The highest BCUT2D eigenvalue weighted by molar-refractivity contribution is 6.20. The Balaban J connectivity index is 2.86. The molecule has 0 fully saturated rings. The van der Waals surface area contributed by atoms with Crippen molar-refractivity contribution in [3.63, 3.8) is 0 Å². The zero-order valence-electron chi connectivity index (χ0n) is 11.8. The highest BCUT2D eigenvalue weighted by Gasteiger charge is 2.17. The van der Waals surface area contributed by atoms with Gasteiger partial charge < -0.3 is 0 Å². The summed E-state index contributed by atoms with van der Waals surface area (Å²) < 4.78 is 1.95. The quantitative estimate of drug-likeness (QED) is 0.757. The second-order valence-electron chi connectivity index (χ2n) is 5.08. The van der Waals surface area contributed by atoms with Crippen LogP contribution in [0.3, 0.4) is 0 Å². The number of nitrogens with zero attached hydrogens (tertiary/aromatic N) is 3. The van der Waals surface area contributed by atoms with Gasteiger partial charge in [0.15, 0.2) is 0 Å². The number of aryl methyl sites for hydroxylation is 2. The van der Waals surface area contributed by atoms with Gasteiger partial charge in [0, 0.05) is 42.8 Å². The third-order valence-corrected chi connectivity index (χ3v) is 3.37. The van der Waals surface area contributed by atoms with E-state index in [-0.39, 0.29) is 5.38 Å². The van der Waals surface area contributed by atoms with Crippen molar-refractivity contribution in [3.05, 3.63) is 17.0 Å². The van der Waals surface area contributed by atoms with Crippen molar-refractivity contribution in [3.8, 4) is 0 Å².